The van der Waals surface area contributed by atoms with Crippen molar-refractivity contribution in [3.05, 3.63) is 12.2 Å². The quantitative estimate of drug-likeness (QED) is 0.514. The van der Waals surface area contributed by atoms with Crippen LogP contribution >= 0.6 is 0 Å². The van der Waals surface area contributed by atoms with E-state index in [1.807, 2.05) is 0 Å². The first-order chi connectivity index (χ1) is 7.51. The van der Waals surface area contributed by atoms with E-state index in [0.717, 1.165) is 5.57 Å². The molecule has 0 saturated carbocycles. The van der Waals surface area contributed by atoms with E-state index in [1.165, 1.54) is 7.11 Å². The van der Waals surface area contributed by atoms with E-state index < -0.39 is 12.0 Å². The molecule has 0 rings (SSSR count). The molecule has 16 heavy (non-hydrogen) atoms. The minimum Gasteiger partial charge on any atom is -0.467 e. The summed E-state index contributed by atoms with van der Waals surface area (Å²) in [5, 5.41) is 2.53. The zero-order valence-electron chi connectivity index (χ0n) is 10.0. The Bertz CT molecular complexity index is 263. The number of amides is 1. The molecule has 0 bridgehead atoms. The molecule has 0 aromatic heterocycles. The predicted molar refractivity (Wildman–Crippen MR) is 59.9 cm³/mol. The van der Waals surface area contributed by atoms with Gasteiger partial charge < -0.3 is 14.8 Å². The van der Waals surface area contributed by atoms with Gasteiger partial charge in [-0.05, 0) is 20.3 Å². The smallest absolute Gasteiger partial charge is 0.328 e. The van der Waals surface area contributed by atoms with Gasteiger partial charge in [0.2, 0.25) is 5.91 Å². The number of carbonyl (C=O) groups is 2. The summed E-state index contributed by atoms with van der Waals surface area (Å²) in [7, 11) is 1.28. The van der Waals surface area contributed by atoms with Gasteiger partial charge in [0, 0.05) is 6.61 Å². The molecule has 0 unspecified atom stereocenters. The number of nitrogens with one attached hydrogen (secondary N) is 1. The average Bonchev–Trinajstić information content (AvgIpc) is 2.23. The third-order valence-corrected chi connectivity index (χ3v) is 1.81. The Kier molecular flexibility index (Phi) is 7.20. The van der Waals surface area contributed by atoms with Crippen molar-refractivity contribution in [2.45, 2.75) is 26.3 Å². The van der Waals surface area contributed by atoms with Crippen LogP contribution in [0.25, 0.3) is 0 Å². The molecule has 0 spiro atoms. The summed E-state index contributed by atoms with van der Waals surface area (Å²) in [4.78, 5) is 22.7. The van der Waals surface area contributed by atoms with Gasteiger partial charge in [0.15, 0.2) is 0 Å². The molecule has 1 N–H and O–H groups in total. The van der Waals surface area contributed by atoms with Crippen LogP contribution < -0.4 is 5.32 Å². The molecule has 0 aliphatic heterocycles. The molecule has 5 heteroatoms. The molecule has 5 nitrogen and oxygen atoms in total. The highest BCUT2D eigenvalue weighted by Crippen LogP contribution is 2.03. The van der Waals surface area contributed by atoms with Gasteiger partial charge in [-0.25, -0.2) is 4.79 Å². The number of methoxy groups -OCH3 is 1. The average molecular weight is 229 g/mol. The summed E-state index contributed by atoms with van der Waals surface area (Å²) >= 11 is 0. The van der Waals surface area contributed by atoms with Crippen LogP contribution in [0, 0.1) is 0 Å². The molecular formula is C11H19NO4. The van der Waals surface area contributed by atoms with Crippen molar-refractivity contribution in [1.82, 2.24) is 5.32 Å². The molecule has 0 aliphatic carbocycles. The van der Waals surface area contributed by atoms with Crippen molar-refractivity contribution in [3.8, 4) is 0 Å². The Morgan fingerprint density at radius 2 is 2.06 bits per heavy atom. The first-order valence-electron chi connectivity index (χ1n) is 5.10. The van der Waals surface area contributed by atoms with E-state index in [-0.39, 0.29) is 12.5 Å². The van der Waals surface area contributed by atoms with Gasteiger partial charge >= 0.3 is 5.97 Å². The van der Waals surface area contributed by atoms with Crippen molar-refractivity contribution in [2.24, 2.45) is 0 Å². The zero-order chi connectivity index (χ0) is 12.6. The third kappa shape index (κ3) is 6.19. The molecule has 0 aromatic carbocycles. The lowest BCUT2D eigenvalue weighted by Crippen LogP contribution is -2.43. The second kappa shape index (κ2) is 7.87. The number of esters is 1. The van der Waals surface area contributed by atoms with Gasteiger partial charge in [0.05, 0.1) is 7.11 Å². The lowest BCUT2D eigenvalue weighted by Gasteiger charge is -2.16. The van der Waals surface area contributed by atoms with Crippen molar-refractivity contribution in [3.63, 3.8) is 0 Å². The van der Waals surface area contributed by atoms with Gasteiger partial charge in [0.25, 0.3) is 0 Å². The topological polar surface area (TPSA) is 64.6 Å². The van der Waals surface area contributed by atoms with Crippen molar-refractivity contribution < 1.29 is 19.1 Å². The summed E-state index contributed by atoms with van der Waals surface area (Å²) in [6.07, 6.45) is 0.366. The normalized spacial score (nSPS) is 11.7. The second-order valence-electron chi connectivity index (χ2n) is 3.44. The fraction of sp³-hybridized carbons (Fsp3) is 0.636. The van der Waals surface area contributed by atoms with E-state index in [0.29, 0.717) is 13.0 Å². The second-order valence-corrected chi connectivity index (χ2v) is 3.44. The Balaban J connectivity index is 4.25. The maximum Gasteiger partial charge on any atom is 0.328 e. The van der Waals surface area contributed by atoms with Gasteiger partial charge in [-0.1, -0.05) is 5.57 Å². The van der Waals surface area contributed by atoms with Crippen LogP contribution in [0.2, 0.25) is 0 Å². The first kappa shape index (κ1) is 14.6. The van der Waals surface area contributed by atoms with Crippen molar-refractivity contribution >= 4 is 11.9 Å². The molecule has 1 atom stereocenters. The fourth-order valence-electron chi connectivity index (χ4n) is 1.11. The lowest BCUT2D eigenvalue weighted by molar-refractivity contribution is -0.145. The highest BCUT2D eigenvalue weighted by Gasteiger charge is 2.21. The summed E-state index contributed by atoms with van der Waals surface area (Å²) in [5.74, 6) is -0.814. The molecule has 1 amide bonds. The predicted octanol–water partition coefficient (Wildman–Crippen LogP) is 0.647. The van der Waals surface area contributed by atoms with E-state index >= 15 is 0 Å². The third-order valence-electron chi connectivity index (χ3n) is 1.81. The Hall–Kier alpha value is -1.36. The van der Waals surface area contributed by atoms with Crippen molar-refractivity contribution in [2.75, 3.05) is 20.3 Å². The van der Waals surface area contributed by atoms with E-state index in [2.05, 4.69) is 16.6 Å². The van der Waals surface area contributed by atoms with Crippen LogP contribution in [-0.4, -0.2) is 38.2 Å². The summed E-state index contributed by atoms with van der Waals surface area (Å²) in [6.45, 7) is 7.66. The summed E-state index contributed by atoms with van der Waals surface area (Å²) < 4.78 is 9.51. The molecule has 0 heterocycles. The summed E-state index contributed by atoms with van der Waals surface area (Å²) in [6, 6.07) is -0.685. The molecule has 0 radical (unpaired) electrons. The lowest BCUT2D eigenvalue weighted by atomic mass is 10.1. The number of carbonyl (C=O) groups excluding carboxylic acids is 2. The Morgan fingerprint density at radius 1 is 1.44 bits per heavy atom. The highest BCUT2D eigenvalue weighted by molar-refractivity contribution is 5.85. The van der Waals surface area contributed by atoms with Gasteiger partial charge in [-0.15, -0.1) is 6.58 Å². The van der Waals surface area contributed by atoms with Crippen LogP contribution in [-0.2, 0) is 19.1 Å². The number of hydrogen-bond donors (Lipinski definition) is 1. The van der Waals surface area contributed by atoms with Gasteiger partial charge in [-0.3, -0.25) is 4.79 Å². The monoisotopic (exact) mass is 229 g/mol. The van der Waals surface area contributed by atoms with Crippen LogP contribution in [0.3, 0.4) is 0 Å². The van der Waals surface area contributed by atoms with E-state index in [1.54, 1.807) is 13.8 Å². The minimum absolute atomic E-state index is 0.0554. The summed E-state index contributed by atoms with van der Waals surface area (Å²) in [5.41, 5.74) is 0.798. The Morgan fingerprint density at radius 3 is 2.50 bits per heavy atom. The van der Waals surface area contributed by atoms with E-state index in [9.17, 15) is 9.59 Å². The maximum absolute atomic E-state index is 11.3. The molecule has 0 fully saturated rings. The van der Waals surface area contributed by atoms with Crippen molar-refractivity contribution in [1.29, 1.82) is 0 Å². The molecule has 92 valence electrons. The van der Waals surface area contributed by atoms with Crippen LogP contribution in [0.1, 0.15) is 20.3 Å². The van der Waals surface area contributed by atoms with Gasteiger partial charge in [0.1, 0.15) is 12.6 Å². The first-order valence-corrected chi connectivity index (χ1v) is 5.10. The SMILES string of the molecule is C=C(C)C[C@H](NC(=O)COCC)C(=O)OC. The number of hydrogen-bond acceptors (Lipinski definition) is 4. The minimum atomic E-state index is -0.685. The largest absolute Gasteiger partial charge is 0.467 e. The molecule has 0 aromatic rings. The van der Waals surface area contributed by atoms with E-state index in [4.69, 9.17) is 4.74 Å². The van der Waals surface area contributed by atoms with Crippen LogP contribution in [0.5, 0.6) is 0 Å². The van der Waals surface area contributed by atoms with Crippen LogP contribution in [0.15, 0.2) is 12.2 Å². The zero-order valence-corrected chi connectivity index (χ0v) is 10.0. The number of ether oxygens (including phenoxy) is 2. The molecule has 0 aliphatic rings. The highest BCUT2D eigenvalue weighted by atomic mass is 16.5. The number of rotatable bonds is 7. The molecule has 0 saturated heterocycles. The Labute approximate surface area is 95.8 Å². The standard InChI is InChI=1S/C11H19NO4/c1-5-16-7-10(13)12-9(6-8(2)3)11(14)15-4/h9H,2,5-7H2,1,3-4H3,(H,12,13)/t9-/m0/s1. The fourth-order valence-corrected chi connectivity index (χ4v) is 1.11. The molecular weight excluding hydrogens is 210 g/mol. The van der Waals surface area contributed by atoms with Crippen LogP contribution in [0.4, 0.5) is 0 Å². The van der Waals surface area contributed by atoms with Gasteiger partial charge in [-0.2, -0.15) is 0 Å². The maximum atomic E-state index is 11.3.